The Morgan fingerprint density at radius 3 is 2.43 bits per heavy atom. The van der Waals surface area contributed by atoms with E-state index in [0.29, 0.717) is 6.04 Å². The minimum atomic E-state index is 0. The topological polar surface area (TPSA) is 39.7 Å². The van der Waals surface area contributed by atoms with E-state index in [9.17, 15) is 0 Å². The number of benzene rings is 1. The van der Waals surface area contributed by atoms with Gasteiger partial charge < -0.3 is 15.5 Å². The zero-order chi connectivity index (χ0) is 16.2. The van der Waals surface area contributed by atoms with Crippen molar-refractivity contribution in [1.29, 1.82) is 0 Å². The molecule has 0 fully saturated rings. The molecule has 0 aliphatic heterocycles. The van der Waals surface area contributed by atoms with Gasteiger partial charge in [-0.15, -0.1) is 24.0 Å². The average molecular weight is 432 g/mol. The first-order chi connectivity index (χ1) is 10.7. The molecule has 132 valence electrons. The molecule has 5 heteroatoms. The van der Waals surface area contributed by atoms with Gasteiger partial charge in [-0.05, 0) is 38.8 Å². The summed E-state index contributed by atoms with van der Waals surface area (Å²) >= 11 is 0. The molecule has 1 unspecified atom stereocenters. The van der Waals surface area contributed by atoms with Crippen molar-refractivity contribution < 1.29 is 0 Å². The van der Waals surface area contributed by atoms with Crippen molar-refractivity contribution in [3.05, 3.63) is 35.9 Å². The number of nitrogens with one attached hydrogen (secondary N) is 2. The minimum Gasteiger partial charge on any atom is -0.356 e. The van der Waals surface area contributed by atoms with E-state index in [2.05, 4.69) is 71.8 Å². The molecule has 0 amide bonds. The summed E-state index contributed by atoms with van der Waals surface area (Å²) < 4.78 is 0. The monoisotopic (exact) mass is 432 g/mol. The average Bonchev–Trinajstić information content (AvgIpc) is 2.56. The van der Waals surface area contributed by atoms with Gasteiger partial charge in [-0.1, -0.05) is 37.3 Å². The predicted molar refractivity (Wildman–Crippen MR) is 112 cm³/mol. The molecule has 0 saturated carbocycles. The van der Waals surface area contributed by atoms with Gasteiger partial charge in [0.2, 0.25) is 0 Å². The van der Waals surface area contributed by atoms with Crippen LogP contribution in [-0.4, -0.2) is 50.6 Å². The van der Waals surface area contributed by atoms with Crippen LogP contribution in [0.15, 0.2) is 35.3 Å². The number of hydrogen-bond donors (Lipinski definition) is 2. The summed E-state index contributed by atoms with van der Waals surface area (Å²) in [5.74, 6) is 0.894. The van der Waals surface area contributed by atoms with Crippen LogP contribution in [0.2, 0.25) is 0 Å². The Morgan fingerprint density at radius 2 is 1.83 bits per heavy atom. The summed E-state index contributed by atoms with van der Waals surface area (Å²) in [5, 5.41) is 6.75. The van der Waals surface area contributed by atoms with E-state index in [1.165, 1.54) is 12.0 Å². The third-order valence-electron chi connectivity index (χ3n) is 4.10. The largest absolute Gasteiger partial charge is 0.356 e. The first kappa shape index (κ1) is 22.2. The fourth-order valence-corrected chi connectivity index (χ4v) is 2.25. The van der Waals surface area contributed by atoms with Gasteiger partial charge in [-0.2, -0.15) is 0 Å². The molecule has 1 atom stereocenters. The number of guanidine groups is 1. The third-order valence-corrected chi connectivity index (χ3v) is 4.10. The molecule has 0 spiro atoms. The summed E-state index contributed by atoms with van der Waals surface area (Å²) in [6.07, 6.45) is 3.39. The lowest BCUT2D eigenvalue weighted by atomic mass is 10.1. The van der Waals surface area contributed by atoms with Crippen LogP contribution in [0.1, 0.15) is 32.3 Å². The van der Waals surface area contributed by atoms with Crippen molar-refractivity contribution in [2.45, 2.75) is 39.2 Å². The van der Waals surface area contributed by atoms with E-state index in [-0.39, 0.29) is 24.0 Å². The first-order valence-electron chi connectivity index (χ1n) is 8.36. The molecule has 0 bridgehead atoms. The maximum atomic E-state index is 4.27. The van der Waals surface area contributed by atoms with Gasteiger partial charge in [0.1, 0.15) is 0 Å². The molecule has 0 saturated heterocycles. The van der Waals surface area contributed by atoms with Crippen LogP contribution in [0.25, 0.3) is 0 Å². The Hall–Kier alpha value is -0.820. The van der Waals surface area contributed by atoms with Gasteiger partial charge in [-0.3, -0.25) is 4.99 Å². The standard InChI is InChI=1S/C18H32N4.HI/c1-5-16(2)22(4)15-14-21-18(19-3)20-13-9-12-17-10-7-6-8-11-17;/h6-8,10-11,16H,5,9,12-15H2,1-4H3,(H2,19,20,21);1H. The molecule has 0 radical (unpaired) electrons. The molecule has 4 nitrogen and oxygen atoms in total. The molecule has 23 heavy (non-hydrogen) atoms. The Balaban J connectivity index is 0.00000484. The van der Waals surface area contributed by atoms with Crippen LogP contribution < -0.4 is 10.6 Å². The Morgan fingerprint density at radius 1 is 1.17 bits per heavy atom. The van der Waals surface area contributed by atoms with E-state index < -0.39 is 0 Å². The quantitative estimate of drug-likeness (QED) is 0.273. The van der Waals surface area contributed by atoms with Gasteiger partial charge in [0.05, 0.1) is 0 Å². The van der Waals surface area contributed by atoms with Crippen molar-refractivity contribution in [3.63, 3.8) is 0 Å². The number of rotatable bonds is 9. The lowest BCUT2D eigenvalue weighted by Gasteiger charge is -2.24. The zero-order valence-electron chi connectivity index (χ0n) is 15.0. The maximum absolute atomic E-state index is 4.27. The van der Waals surface area contributed by atoms with E-state index in [1.807, 2.05) is 7.05 Å². The van der Waals surface area contributed by atoms with Crippen LogP contribution in [0, 0.1) is 0 Å². The van der Waals surface area contributed by atoms with Crippen molar-refractivity contribution >= 4 is 29.9 Å². The van der Waals surface area contributed by atoms with E-state index >= 15 is 0 Å². The number of aliphatic imine (C=N–C) groups is 1. The molecule has 1 rings (SSSR count). The molecular formula is C18H33IN4. The lowest BCUT2D eigenvalue weighted by Crippen LogP contribution is -2.42. The van der Waals surface area contributed by atoms with Crippen LogP contribution in [-0.2, 0) is 6.42 Å². The summed E-state index contributed by atoms with van der Waals surface area (Å²) in [4.78, 5) is 6.64. The Labute approximate surface area is 159 Å². The zero-order valence-corrected chi connectivity index (χ0v) is 17.3. The highest BCUT2D eigenvalue weighted by molar-refractivity contribution is 14.0. The normalized spacial score (nSPS) is 12.7. The second-order valence-corrected chi connectivity index (χ2v) is 5.75. The lowest BCUT2D eigenvalue weighted by molar-refractivity contribution is 0.255. The number of halogens is 1. The molecular weight excluding hydrogens is 399 g/mol. The minimum absolute atomic E-state index is 0. The highest BCUT2D eigenvalue weighted by Crippen LogP contribution is 2.01. The van der Waals surface area contributed by atoms with Crippen molar-refractivity contribution in [1.82, 2.24) is 15.5 Å². The fourth-order valence-electron chi connectivity index (χ4n) is 2.25. The number of aryl methyl sites for hydroxylation is 1. The van der Waals surface area contributed by atoms with Gasteiger partial charge in [0.15, 0.2) is 5.96 Å². The van der Waals surface area contributed by atoms with E-state index in [4.69, 9.17) is 0 Å². The third kappa shape index (κ3) is 9.81. The van der Waals surface area contributed by atoms with Crippen molar-refractivity contribution in [3.8, 4) is 0 Å². The number of likely N-dealkylation sites (N-methyl/N-ethyl adjacent to an activating group) is 1. The molecule has 0 aromatic heterocycles. The van der Waals surface area contributed by atoms with Crippen molar-refractivity contribution in [2.75, 3.05) is 33.7 Å². The van der Waals surface area contributed by atoms with Crippen LogP contribution in [0.3, 0.4) is 0 Å². The highest BCUT2D eigenvalue weighted by atomic mass is 127. The maximum Gasteiger partial charge on any atom is 0.191 e. The van der Waals surface area contributed by atoms with E-state index in [1.54, 1.807) is 0 Å². The highest BCUT2D eigenvalue weighted by Gasteiger charge is 2.06. The summed E-state index contributed by atoms with van der Waals surface area (Å²) in [6, 6.07) is 11.2. The number of hydrogen-bond acceptors (Lipinski definition) is 2. The van der Waals surface area contributed by atoms with Crippen LogP contribution >= 0.6 is 24.0 Å². The Bertz CT molecular complexity index is 422. The van der Waals surface area contributed by atoms with Gasteiger partial charge in [0.25, 0.3) is 0 Å². The summed E-state index contributed by atoms with van der Waals surface area (Å²) in [6.45, 7) is 7.37. The molecule has 0 aliphatic carbocycles. The molecule has 1 aromatic carbocycles. The molecule has 2 N–H and O–H groups in total. The SMILES string of the molecule is CCC(C)N(C)CCNC(=NC)NCCCc1ccccc1.I. The molecule has 0 aliphatic rings. The predicted octanol–water partition coefficient (Wildman–Crippen LogP) is 3.13. The summed E-state index contributed by atoms with van der Waals surface area (Å²) in [7, 11) is 4.00. The van der Waals surface area contributed by atoms with Gasteiger partial charge >= 0.3 is 0 Å². The first-order valence-corrected chi connectivity index (χ1v) is 8.36. The fraction of sp³-hybridized carbons (Fsp3) is 0.611. The van der Waals surface area contributed by atoms with E-state index in [0.717, 1.165) is 38.4 Å². The number of nitrogens with zero attached hydrogens (tertiary/aromatic N) is 2. The molecule has 1 aromatic rings. The second kappa shape index (κ2) is 13.6. The van der Waals surface area contributed by atoms with Gasteiger partial charge in [-0.25, -0.2) is 0 Å². The van der Waals surface area contributed by atoms with Gasteiger partial charge in [0, 0.05) is 32.7 Å². The van der Waals surface area contributed by atoms with Crippen LogP contribution in [0.5, 0.6) is 0 Å². The van der Waals surface area contributed by atoms with Crippen LogP contribution in [0.4, 0.5) is 0 Å². The van der Waals surface area contributed by atoms with Crippen molar-refractivity contribution in [2.24, 2.45) is 4.99 Å². The smallest absolute Gasteiger partial charge is 0.191 e. The summed E-state index contributed by atoms with van der Waals surface area (Å²) in [5.41, 5.74) is 1.39. The molecule has 0 heterocycles. The second-order valence-electron chi connectivity index (χ2n) is 5.75. The Kier molecular flexibility index (Phi) is 13.1.